The largest absolute Gasteiger partial charge is 0.478 e. The van der Waals surface area contributed by atoms with E-state index in [1.165, 1.54) is 25.0 Å². The molecule has 1 aromatic carbocycles. The van der Waals surface area contributed by atoms with E-state index >= 15 is 0 Å². The van der Waals surface area contributed by atoms with E-state index in [-0.39, 0.29) is 5.56 Å². The summed E-state index contributed by atoms with van der Waals surface area (Å²) in [5.41, 5.74) is 0.486. The van der Waals surface area contributed by atoms with Gasteiger partial charge in [-0.25, -0.2) is 9.18 Å². The fourth-order valence-electron chi connectivity index (χ4n) is 2.55. The van der Waals surface area contributed by atoms with Crippen LogP contribution in [-0.2, 0) is 6.54 Å². The van der Waals surface area contributed by atoms with E-state index in [9.17, 15) is 9.18 Å². The van der Waals surface area contributed by atoms with E-state index in [1.807, 2.05) is 0 Å². The predicted molar refractivity (Wildman–Crippen MR) is 75.3 cm³/mol. The molecule has 1 aromatic rings. The molecule has 5 heteroatoms. The van der Waals surface area contributed by atoms with Crippen molar-refractivity contribution in [3.8, 4) is 0 Å². The standard InChI is InChI=1S/C15H21FN2O2/c1-11(10-18-6-2-3-7-18)17-9-12-4-5-13(15(19)20)14(16)8-12/h4-5,8,11,17H,2-3,6-7,9-10H2,1H3,(H,19,20). The van der Waals surface area contributed by atoms with Gasteiger partial charge < -0.3 is 15.3 Å². The van der Waals surface area contributed by atoms with Crippen LogP contribution in [0.1, 0.15) is 35.7 Å². The summed E-state index contributed by atoms with van der Waals surface area (Å²) in [7, 11) is 0. The molecule has 0 amide bonds. The summed E-state index contributed by atoms with van der Waals surface area (Å²) in [5.74, 6) is -1.91. The van der Waals surface area contributed by atoms with Crippen molar-refractivity contribution in [2.75, 3.05) is 19.6 Å². The van der Waals surface area contributed by atoms with Crippen molar-refractivity contribution in [3.05, 3.63) is 35.1 Å². The molecule has 2 rings (SSSR count). The molecule has 1 saturated heterocycles. The van der Waals surface area contributed by atoms with Crippen LogP contribution in [0.5, 0.6) is 0 Å². The second-order valence-corrected chi connectivity index (χ2v) is 5.41. The van der Waals surface area contributed by atoms with Gasteiger partial charge in [-0.1, -0.05) is 6.07 Å². The third kappa shape index (κ3) is 4.02. The van der Waals surface area contributed by atoms with Crippen molar-refractivity contribution in [2.24, 2.45) is 0 Å². The number of carboxylic acids is 1. The SMILES string of the molecule is CC(CN1CCCC1)NCc1ccc(C(=O)O)c(F)c1. The number of hydrogen-bond donors (Lipinski definition) is 2. The van der Waals surface area contributed by atoms with Crippen LogP contribution in [0.4, 0.5) is 4.39 Å². The maximum atomic E-state index is 13.5. The summed E-state index contributed by atoms with van der Waals surface area (Å²) >= 11 is 0. The molecule has 0 aliphatic carbocycles. The smallest absolute Gasteiger partial charge is 0.338 e. The van der Waals surface area contributed by atoms with Gasteiger partial charge in [-0.15, -0.1) is 0 Å². The lowest BCUT2D eigenvalue weighted by atomic mass is 10.1. The zero-order chi connectivity index (χ0) is 14.5. The lowest BCUT2D eigenvalue weighted by Gasteiger charge is -2.21. The van der Waals surface area contributed by atoms with Gasteiger partial charge in [-0.05, 0) is 50.6 Å². The number of likely N-dealkylation sites (tertiary alicyclic amines) is 1. The maximum absolute atomic E-state index is 13.5. The number of rotatable bonds is 6. The highest BCUT2D eigenvalue weighted by Crippen LogP contribution is 2.11. The minimum absolute atomic E-state index is 0.279. The van der Waals surface area contributed by atoms with Gasteiger partial charge in [0.05, 0.1) is 5.56 Å². The molecule has 0 saturated carbocycles. The summed E-state index contributed by atoms with van der Waals surface area (Å²) in [5, 5.41) is 12.1. The molecular weight excluding hydrogens is 259 g/mol. The van der Waals surface area contributed by atoms with Crippen LogP contribution in [0, 0.1) is 5.82 Å². The first kappa shape index (κ1) is 14.9. The molecule has 1 aliphatic rings. The third-order valence-electron chi connectivity index (χ3n) is 3.65. The molecule has 0 bridgehead atoms. The van der Waals surface area contributed by atoms with Gasteiger partial charge in [0, 0.05) is 19.1 Å². The second-order valence-electron chi connectivity index (χ2n) is 5.41. The number of nitrogens with zero attached hydrogens (tertiary/aromatic N) is 1. The van der Waals surface area contributed by atoms with Crippen LogP contribution >= 0.6 is 0 Å². The van der Waals surface area contributed by atoms with Crippen molar-refractivity contribution in [3.63, 3.8) is 0 Å². The molecule has 1 aliphatic heterocycles. The van der Waals surface area contributed by atoms with Gasteiger partial charge in [0.2, 0.25) is 0 Å². The number of hydrogen-bond acceptors (Lipinski definition) is 3. The summed E-state index contributed by atoms with van der Waals surface area (Å²) in [4.78, 5) is 13.2. The third-order valence-corrected chi connectivity index (χ3v) is 3.65. The highest BCUT2D eigenvalue weighted by Gasteiger charge is 2.15. The molecule has 0 spiro atoms. The number of aromatic carboxylic acids is 1. The lowest BCUT2D eigenvalue weighted by molar-refractivity contribution is 0.0692. The van der Waals surface area contributed by atoms with Crippen LogP contribution in [0.15, 0.2) is 18.2 Å². The highest BCUT2D eigenvalue weighted by molar-refractivity contribution is 5.87. The van der Waals surface area contributed by atoms with E-state index in [1.54, 1.807) is 6.07 Å². The first-order valence-corrected chi connectivity index (χ1v) is 7.03. The summed E-state index contributed by atoms with van der Waals surface area (Å²) in [6.07, 6.45) is 2.54. The minimum atomic E-state index is -1.23. The Labute approximate surface area is 118 Å². The van der Waals surface area contributed by atoms with Crippen molar-refractivity contribution in [1.82, 2.24) is 10.2 Å². The Balaban J connectivity index is 1.84. The summed E-state index contributed by atoms with van der Waals surface area (Å²) in [6.45, 7) is 5.98. The molecule has 1 fully saturated rings. The first-order valence-electron chi connectivity index (χ1n) is 7.03. The Morgan fingerprint density at radius 1 is 1.45 bits per heavy atom. The Morgan fingerprint density at radius 2 is 2.15 bits per heavy atom. The number of carbonyl (C=O) groups is 1. The molecule has 1 unspecified atom stereocenters. The van der Waals surface area contributed by atoms with E-state index < -0.39 is 11.8 Å². The van der Waals surface area contributed by atoms with Crippen LogP contribution in [0.25, 0.3) is 0 Å². The summed E-state index contributed by atoms with van der Waals surface area (Å²) in [6, 6.07) is 4.59. The molecule has 20 heavy (non-hydrogen) atoms. The van der Waals surface area contributed by atoms with Crippen molar-refractivity contribution in [2.45, 2.75) is 32.4 Å². The van der Waals surface area contributed by atoms with Crippen LogP contribution in [0.2, 0.25) is 0 Å². The minimum Gasteiger partial charge on any atom is -0.478 e. The Kier molecular flexibility index (Phi) is 5.09. The maximum Gasteiger partial charge on any atom is 0.338 e. The van der Waals surface area contributed by atoms with E-state index in [0.717, 1.165) is 25.2 Å². The Morgan fingerprint density at radius 3 is 2.75 bits per heavy atom. The van der Waals surface area contributed by atoms with Gasteiger partial charge in [-0.2, -0.15) is 0 Å². The predicted octanol–water partition coefficient (Wildman–Crippen LogP) is 2.10. The average Bonchev–Trinajstić information content (AvgIpc) is 2.89. The number of nitrogens with one attached hydrogen (secondary N) is 1. The van der Waals surface area contributed by atoms with E-state index in [2.05, 4.69) is 17.1 Å². The Bertz CT molecular complexity index is 473. The van der Waals surface area contributed by atoms with Gasteiger partial charge in [0.15, 0.2) is 0 Å². The molecule has 1 atom stereocenters. The zero-order valence-electron chi connectivity index (χ0n) is 11.7. The second kappa shape index (κ2) is 6.81. The molecule has 1 heterocycles. The van der Waals surface area contributed by atoms with Crippen LogP contribution < -0.4 is 5.32 Å². The van der Waals surface area contributed by atoms with Gasteiger partial charge >= 0.3 is 5.97 Å². The van der Waals surface area contributed by atoms with Crippen molar-refractivity contribution < 1.29 is 14.3 Å². The van der Waals surface area contributed by atoms with Crippen molar-refractivity contribution >= 4 is 5.97 Å². The Hall–Kier alpha value is -1.46. The number of halogens is 1. The summed E-state index contributed by atoms with van der Waals surface area (Å²) < 4.78 is 13.5. The molecule has 0 aromatic heterocycles. The topological polar surface area (TPSA) is 52.6 Å². The van der Waals surface area contributed by atoms with E-state index in [4.69, 9.17) is 5.11 Å². The van der Waals surface area contributed by atoms with Gasteiger partial charge in [0.1, 0.15) is 5.82 Å². The number of benzene rings is 1. The molecule has 0 radical (unpaired) electrons. The molecule has 2 N–H and O–H groups in total. The molecule has 4 nitrogen and oxygen atoms in total. The molecular formula is C15H21FN2O2. The van der Waals surface area contributed by atoms with Crippen LogP contribution in [-0.4, -0.2) is 41.7 Å². The number of carboxylic acid groups (broad SMARTS) is 1. The lowest BCUT2D eigenvalue weighted by Crippen LogP contribution is -2.37. The fraction of sp³-hybridized carbons (Fsp3) is 0.533. The van der Waals surface area contributed by atoms with E-state index in [0.29, 0.717) is 12.6 Å². The van der Waals surface area contributed by atoms with Crippen molar-refractivity contribution in [1.29, 1.82) is 0 Å². The zero-order valence-corrected chi connectivity index (χ0v) is 11.7. The average molecular weight is 280 g/mol. The first-order chi connectivity index (χ1) is 9.56. The molecule has 110 valence electrons. The van der Waals surface area contributed by atoms with Crippen LogP contribution in [0.3, 0.4) is 0 Å². The highest BCUT2D eigenvalue weighted by atomic mass is 19.1. The quantitative estimate of drug-likeness (QED) is 0.838. The van der Waals surface area contributed by atoms with Gasteiger partial charge in [0.25, 0.3) is 0 Å². The monoisotopic (exact) mass is 280 g/mol. The van der Waals surface area contributed by atoms with Gasteiger partial charge in [-0.3, -0.25) is 0 Å². The normalized spacial score (nSPS) is 17.3. The fourth-order valence-corrected chi connectivity index (χ4v) is 2.55.